The van der Waals surface area contributed by atoms with Crippen LogP contribution in [0.15, 0.2) is 24.3 Å². The predicted octanol–water partition coefficient (Wildman–Crippen LogP) is 1.91. The molecule has 1 unspecified atom stereocenters. The fourth-order valence-electron chi connectivity index (χ4n) is 1.70. The van der Waals surface area contributed by atoms with Gasteiger partial charge in [-0.05, 0) is 18.1 Å². The molecule has 1 N–H and O–H groups in total. The lowest BCUT2D eigenvalue weighted by atomic mass is 10.0. The van der Waals surface area contributed by atoms with Gasteiger partial charge in [0.1, 0.15) is 0 Å². The second kappa shape index (κ2) is 7.37. The summed E-state index contributed by atoms with van der Waals surface area (Å²) in [6, 6.07) is 4.92. The van der Waals surface area contributed by atoms with Crippen LogP contribution < -0.4 is 5.32 Å². The Morgan fingerprint density at radius 2 is 1.86 bits per heavy atom. The number of ether oxygens (including phenoxy) is 1. The van der Waals surface area contributed by atoms with Gasteiger partial charge < -0.3 is 10.1 Å². The van der Waals surface area contributed by atoms with Gasteiger partial charge in [-0.1, -0.05) is 13.8 Å². The number of hydrogen-bond acceptors (Lipinski definition) is 5. The number of carbonyl (C=O) groups is 2. The number of nitrogens with one attached hydrogen (secondary N) is 1. The van der Waals surface area contributed by atoms with Gasteiger partial charge in [-0.3, -0.25) is 19.7 Å². The number of amides is 1. The first kappa shape index (κ1) is 16.6. The van der Waals surface area contributed by atoms with Gasteiger partial charge in [0.25, 0.3) is 11.6 Å². The molecular formula is C14H18N2O5. The molecule has 0 aliphatic carbocycles. The molecule has 0 aliphatic rings. The number of nitro benzene ring substituents is 1. The highest BCUT2D eigenvalue weighted by Gasteiger charge is 2.21. The molecule has 0 saturated heterocycles. The number of carbonyl (C=O) groups excluding carboxylic acids is 2. The standard InChI is InChI=1S/C14H18N2O5/c1-9(2)12(8-13(17)21-3)15-14(18)10-4-6-11(7-5-10)16(19)20/h4-7,9,12H,8H2,1-3H3,(H,15,18). The molecule has 0 saturated carbocycles. The molecule has 1 aromatic carbocycles. The molecule has 1 aromatic rings. The Kier molecular flexibility index (Phi) is 5.83. The third kappa shape index (κ3) is 4.87. The van der Waals surface area contributed by atoms with Crippen LogP contribution in [0.4, 0.5) is 5.69 Å². The van der Waals surface area contributed by atoms with Crippen molar-refractivity contribution in [3.63, 3.8) is 0 Å². The molecule has 0 aliphatic heterocycles. The Morgan fingerprint density at radius 1 is 1.29 bits per heavy atom. The number of hydrogen-bond donors (Lipinski definition) is 1. The third-order valence-corrected chi connectivity index (χ3v) is 3.08. The summed E-state index contributed by atoms with van der Waals surface area (Å²) in [6.07, 6.45) is 0.0763. The minimum Gasteiger partial charge on any atom is -0.469 e. The van der Waals surface area contributed by atoms with E-state index in [-0.39, 0.29) is 30.0 Å². The van der Waals surface area contributed by atoms with Gasteiger partial charge in [-0.15, -0.1) is 0 Å². The van der Waals surface area contributed by atoms with Crippen LogP contribution in [0.3, 0.4) is 0 Å². The van der Waals surface area contributed by atoms with Crippen LogP contribution in [-0.2, 0) is 9.53 Å². The van der Waals surface area contributed by atoms with E-state index in [2.05, 4.69) is 10.1 Å². The summed E-state index contributed by atoms with van der Waals surface area (Å²) >= 11 is 0. The van der Waals surface area contributed by atoms with Gasteiger partial charge in [-0.2, -0.15) is 0 Å². The molecule has 7 nitrogen and oxygen atoms in total. The summed E-state index contributed by atoms with van der Waals surface area (Å²) < 4.78 is 4.60. The number of nitrogens with zero attached hydrogens (tertiary/aromatic N) is 1. The molecular weight excluding hydrogens is 276 g/mol. The molecule has 0 bridgehead atoms. The largest absolute Gasteiger partial charge is 0.469 e. The van der Waals surface area contributed by atoms with E-state index in [0.717, 1.165) is 0 Å². The van der Waals surface area contributed by atoms with E-state index in [0.29, 0.717) is 5.56 Å². The molecule has 21 heavy (non-hydrogen) atoms. The molecule has 0 spiro atoms. The molecule has 7 heteroatoms. The van der Waals surface area contributed by atoms with E-state index < -0.39 is 10.9 Å². The minimum atomic E-state index is -0.532. The number of methoxy groups -OCH3 is 1. The van der Waals surface area contributed by atoms with Gasteiger partial charge in [0.05, 0.1) is 18.5 Å². The maximum Gasteiger partial charge on any atom is 0.307 e. The van der Waals surface area contributed by atoms with E-state index in [1.54, 1.807) is 0 Å². The fraction of sp³-hybridized carbons (Fsp3) is 0.429. The molecule has 0 aromatic heterocycles. The average Bonchev–Trinajstić information content (AvgIpc) is 2.46. The van der Waals surface area contributed by atoms with Crippen molar-refractivity contribution in [1.82, 2.24) is 5.32 Å². The first-order valence-corrected chi connectivity index (χ1v) is 6.47. The first-order valence-electron chi connectivity index (χ1n) is 6.47. The Bertz CT molecular complexity index is 525. The maximum atomic E-state index is 12.1. The van der Waals surface area contributed by atoms with Crippen molar-refractivity contribution in [3.8, 4) is 0 Å². The summed E-state index contributed by atoms with van der Waals surface area (Å²) in [5.74, 6) is -0.740. The van der Waals surface area contributed by atoms with Crippen LogP contribution in [0, 0.1) is 16.0 Å². The van der Waals surface area contributed by atoms with Crippen LogP contribution in [0.25, 0.3) is 0 Å². The Morgan fingerprint density at radius 3 is 2.29 bits per heavy atom. The van der Waals surface area contributed by atoms with Crippen molar-refractivity contribution in [2.24, 2.45) is 5.92 Å². The number of nitro groups is 1. The van der Waals surface area contributed by atoms with Crippen molar-refractivity contribution in [2.45, 2.75) is 26.3 Å². The number of non-ortho nitro benzene ring substituents is 1. The van der Waals surface area contributed by atoms with Gasteiger partial charge in [0.2, 0.25) is 0 Å². The number of esters is 1. The Labute approximate surface area is 122 Å². The van der Waals surface area contributed by atoms with Gasteiger partial charge in [0, 0.05) is 23.7 Å². The molecule has 1 amide bonds. The normalized spacial score (nSPS) is 11.8. The second-order valence-corrected chi connectivity index (χ2v) is 4.91. The van der Waals surface area contributed by atoms with Crippen molar-refractivity contribution >= 4 is 17.6 Å². The monoisotopic (exact) mass is 294 g/mol. The zero-order chi connectivity index (χ0) is 16.0. The van der Waals surface area contributed by atoms with Crippen molar-refractivity contribution in [3.05, 3.63) is 39.9 Å². The minimum absolute atomic E-state index is 0.0473. The quantitative estimate of drug-likeness (QED) is 0.491. The highest BCUT2D eigenvalue weighted by atomic mass is 16.6. The predicted molar refractivity (Wildman–Crippen MR) is 75.8 cm³/mol. The lowest BCUT2D eigenvalue weighted by Gasteiger charge is -2.21. The molecule has 114 valence electrons. The van der Waals surface area contributed by atoms with Crippen molar-refractivity contribution < 1.29 is 19.2 Å². The van der Waals surface area contributed by atoms with Gasteiger partial charge in [-0.25, -0.2) is 0 Å². The lowest BCUT2D eigenvalue weighted by Crippen LogP contribution is -2.40. The summed E-state index contributed by atoms with van der Waals surface area (Å²) in [6.45, 7) is 3.76. The van der Waals surface area contributed by atoms with Crippen LogP contribution in [0.1, 0.15) is 30.6 Å². The van der Waals surface area contributed by atoms with Crippen molar-refractivity contribution in [1.29, 1.82) is 0 Å². The Balaban J connectivity index is 2.77. The van der Waals surface area contributed by atoms with Crippen LogP contribution in [-0.4, -0.2) is 30.0 Å². The number of rotatable bonds is 6. The van der Waals surface area contributed by atoms with Gasteiger partial charge in [0.15, 0.2) is 0 Å². The van der Waals surface area contributed by atoms with Crippen LogP contribution in [0.5, 0.6) is 0 Å². The summed E-state index contributed by atoms with van der Waals surface area (Å²) in [5, 5.41) is 13.3. The fourth-order valence-corrected chi connectivity index (χ4v) is 1.70. The zero-order valence-corrected chi connectivity index (χ0v) is 12.2. The molecule has 1 atom stereocenters. The smallest absolute Gasteiger partial charge is 0.307 e. The van der Waals surface area contributed by atoms with E-state index in [9.17, 15) is 19.7 Å². The average molecular weight is 294 g/mol. The number of benzene rings is 1. The summed E-state index contributed by atoms with van der Waals surface area (Å²) in [4.78, 5) is 33.4. The van der Waals surface area contributed by atoms with E-state index >= 15 is 0 Å². The molecule has 0 radical (unpaired) electrons. The van der Waals surface area contributed by atoms with Crippen LogP contribution in [0.2, 0.25) is 0 Å². The Hall–Kier alpha value is -2.44. The molecule has 0 fully saturated rings. The highest BCUT2D eigenvalue weighted by molar-refractivity contribution is 5.94. The lowest BCUT2D eigenvalue weighted by molar-refractivity contribution is -0.384. The topological polar surface area (TPSA) is 98.5 Å². The summed E-state index contributed by atoms with van der Waals surface area (Å²) in [5.41, 5.74) is 0.220. The van der Waals surface area contributed by atoms with Gasteiger partial charge >= 0.3 is 5.97 Å². The van der Waals surface area contributed by atoms with E-state index in [1.165, 1.54) is 31.4 Å². The van der Waals surface area contributed by atoms with E-state index in [1.807, 2.05) is 13.8 Å². The third-order valence-electron chi connectivity index (χ3n) is 3.08. The molecule has 0 heterocycles. The summed E-state index contributed by atoms with van der Waals surface area (Å²) in [7, 11) is 1.29. The maximum absolute atomic E-state index is 12.1. The zero-order valence-electron chi connectivity index (χ0n) is 12.2. The molecule has 1 rings (SSSR count). The van der Waals surface area contributed by atoms with E-state index in [4.69, 9.17) is 0 Å². The van der Waals surface area contributed by atoms with Crippen molar-refractivity contribution in [2.75, 3.05) is 7.11 Å². The second-order valence-electron chi connectivity index (χ2n) is 4.91. The highest BCUT2D eigenvalue weighted by Crippen LogP contribution is 2.13. The SMILES string of the molecule is COC(=O)CC(NC(=O)c1ccc([N+](=O)[O-])cc1)C(C)C. The van der Waals surface area contributed by atoms with Crippen LogP contribution >= 0.6 is 0 Å². The first-order chi connectivity index (χ1) is 9.85.